The lowest BCUT2D eigenvalue weighted by Crippen LogP contribution is -2.50. The Morgan fingerprint density at radius 2 is 1.50 bits per heavy atom. The van der Waals surface area contributed by atoms with Crippen LogP contribution in [0.5, 0.6) is 0 Å². The molecular formula is C22H17NO3. The molecule has 3 aromatic rings. The summed E-state index contributed by atoms with van der Waals surface area (Å²) in [6.07, 6.45) is 0. The summed E-state index contributed by atoms with van der Waals surface area (Å²) in [6.45, 7) is 1.94. The molecule has 1 N–H and O–H groups in total. The normalized spacial score (nSPS) is 18.7. The third-order valence-electron chi connectivity index (χ3n) is 4.70. The van der Waals surface area contributed by atoms with Gasteiger partial charge in [-0.05, 0) is 25.1 Å². The zero-order valence-corrected chi connectivity index (χ0v) is 14.2. The van der Waals surface area contributed by atoms with Crippen molar-refractivity contribution in [3.05, 3.63) is 101 Å². The van der Waals surface area contributed by atoms with Crippen LogP contribution in [0.3, 0.4) is 0 Å². The summed E-state index contributed by atoms with van der Waals surface area (Å²) in [5.41, 5.74) is 0.403. The van der Waals surface area contributed by atoms with Gasteiger partial charge in [-0.3, -0.25) is 14.5 Å². The summed E-state index contributed by atoms with van der Waals surface area (Å²) in [7, 11) is 0. The van der Waals surface area contributed by atoms with Gasteiger partial charge in [-0.25, -0.2) is 0 Å². The van der Waals surface area contributed by atoms with E-state index in [0.717, 1.165) is 5.56 Å². The lowest BCUT2D eigenvalue weighted by atomic mass is 9.92. The summed E-state index contributed by atoms with van der Waals surface area (Å²) in [4.78, 5) is 27.5. The standard InChI is InChI=1S/C22H17NO3/c1-15-11-13-17(14-12-15)23-21(25)18-9-5-6-10-19(18)22(23,26)20(24)16-7-3-2-4-8-16/h2-14,26H,1H3. The van der Waals surface area contributed by atoms with Gasteiger partial charge in [0.05, 0.1) is 0 Å². The Hall–Kier alpha value is -3.24. The highest BCUT2D eigenvalue weighted by atomic mass is 16.3. The highest BCUT2D eigenvalue weighted by Gasteiger charge is 2.54. The zero-order valence-electron chi connectivity index (χ0n) is 14.2. The molecule has 128 valence electrons. The number of hydrogen-bond acceptors (Lipinski definition) is 3. The minimum absolute atomic E-state index is 0.305. The third kappa shape index (κ3) is 2.27. The minimum atomic E-state index is -2.08. The molecule has 0 saturated heterocycles. The van der Waals surface area contributed by atoms with E-state index in [2.05, 4.69) is 0 Å². The number of aryl methyl sites for hydroxylation is 1. The monoisotopic (exact) mass is 343 g/mol. The average molecular weight is 343 g/mol. The van der Waals surface area contributed by atoms with Gasteiger partial charge in [0, 0.05) is 22.4 Å². The van der Waals surface area contributed by atoms with Crippen molar-refractivity contribution in [2.24, 2.45) is 0 Å². The molecule has 4 rings (SSSR count). The molecule has 4 heteroatoms. The largest absolute Gasteiger partial charge is 0.360 e. The summed E-state index contributed by atoms with van der Waals surface area (Å²) < 4.78 is 0. The van der Waals surface area contributed by atoms with Crippen LogP contribution in [-0.2, 0) is 5.72 Å². The van der Waals surface area contributed by atoms with Crippen molar-refractivity contribution in [1.29, 1.82) is 0 Å². The zero-order chi connectivity index (χ0) is 18.3. The topological polar surface area (TPSA) is 57.6 Å². The van der Waals surface area contributed by atoms with E-state index in [-0.39, 0.29) is 0 Å². The van der Waals surface area contributed by atoms with E-state index in [1.807, 2.05) is 19.1 Å². The number of Topliss-reactive ketones (excluding diaryl/α,β-unsaturated/α-hetero) is 1. The molecular weight excluding hydrogens is 326 g/mol. The molecule has 1 heterocycles. The fourth-order valence-corrected chi connectivity index (χ4v) is 3.37. The lowest BCUT2D eigenvalue weighted by molar-refractivity contribution is 0.0314. The third-order valence-corrected chi connectivity index (χ3v) is 4.70. The molecule has 0 aliphatic carbocycles. The van der Waals surface area contributed by atoms with Crippen LogP contribution in [0.2, 0.25) is 0 Å². The highest BCUT2D eigenvalue weighted by Crippen LogP contribution is 2.42. The number of rotatable bonds is 3. The van der Waals surface area contributed by atoms with Gasteiger partial charge in [0.25, 0.3) is 5.91 Å². The molecule has 26 heavy (non-hydrogen) atoms. The molecule has 1 amide bonds. The van der Waals surface area contributed by atoms with Crippen LogP contribution in [0, 0.1) is 6.92 Å². The first-order chi connectivity index (χ1) is 12.5. The SMILES string of the molecule is Cc1ccc(N2C(=O)c3ccccc3C2(O)C(=O)c2ccccc2)cc1. The van der Waals surface area contributed by atoms with Crippen molar-refractivity contribution in [3.8, 4) is 0 Å². The number of carbonyl (C=O) groups excluding carboxylic acids is 2. The van der Waals surface area contributed by atoms with Crippen molar-refractivity contribution >= 4 is 17.4 Å². The quantitative estimate of drug-likeness (QED) is 0.738. The number of hydrogen-bond donors (Lipinski definition) is 1. The van der Waals surface area contributed by atoms with E-state index in [0.29, 0.717) is 22.4 Å². The Labute approximate surface area is 151 Å². The molecule has 0 spiro atoms. The fraction of sp³-hybridized carbons (Fsp3) is 0.0909. The molecule has 0 saturated carbocycles. The molecule has 0 aromatic heterocycles. The Balaban J connectivity index is 1.94. The predicted molar refractivity (Wildman–Crippen MR) is 99.1 cm³/mol. The molecule has 1 unspecified atom stereocenters. The predicted octanol–water partition coefficient (Wildman–Crippen LogP) is 3.68. The van der Waals surface area contributed by atoms with Gasteiger partial charge in [0.1, 0.15) is 0 Å². The number of nitrogens with zero attached hydrogens (tertiary/aromatic N) is 1. The van der Waals surface area contributed by atoms with E-state index in [4.69, 9.17) is 0 Å². The maximum Gasteiger partial charge on any atom is 0.261 e. The van der Waals surface area contributed by atoms with Crippen molar-refractivity contribution in [3.63, 3.8) is 0 Å². The molecule has 1 aliphatic heterocycles. The van der Waals surface area contributed by atoms with Crippen molar-refractivity contribution in [2.75, 3.05) is 4.90 Å². The van der Waals surface area contributed by atoms with Crippen molar-refractivity contribution in [2.45, 2.75) is 12.6 Å². The number of anilines is 1. The van der Waals surface area contributed by atoms with Crippen molar-refractivity contribution < 1.29 is 14.7 Å². The van der Waals surface area contributed by atoms with E-state index in [9.17, 15) is 14.7 Å². The van der Waals surface area contributed by atoms with Crippen molar-refractivity contribution in [1.82, 2.24) is 0 Å². The lowest BCUT2D eigenvalue weighted by Gasteiger charge is -2.33. The molecule has 3 aromatic carbocycles. The van der Waals surface area contributed by atoms with Gasteiger partial charge >= 0.3 is 0 Å². The number of aliphatic hydroxyl groups is 1. The molecule has 1 aliphatic rings. The highest BCUT2D eigenvalue weighted by molar-refractivity contribution is 6.20. The molecule has 0 fully saturated rings. The van der Waals surface area contributed by atoms with Gasteiger partial charge in [0.2, 0.25) is 11.5 Å². The molecule has 1 atom stereocenters. The van der Waals surface area contributed by atoms with Crippen LogP contribution in [0.15, 0.2) is 78.9 Å². The second-order valence-electron chi connectivity index (χ2n) is 6.39. The fourth-order valence-electron chi connectivity index (χ4n) is 3.37. The average Bonchev–Trinajstić information content (AvgIpc) is 2.91. The Kier molecular flexibility index (Phi) is 3.71. The summed E-state index contributed by atoms with van der Waals surface area (Å²) >= 11 is 0. The summed E-state index contributed by atoms with van der Waals surface area (Å²) in [6, 6.07) is 22.4. The molecule has 4 nitrogen and oxygen atoms in total. The van der Waals surface area contributed by atoms with Gasteiger partial charge in [-0.1, -0.05) is 66.2 Å². The first-order valence-electron chi connectivity index (χ1n) is 8.36. The Morgan fingerprint density at radius 1 is 0.885 bits per heavy atom. The number of fused-ring (bicyclic) bond motifs is 1. The second kappa shape index (κ2) is 5.93. The van der Waals surface area contributed by atoms with E-state index in [1.165, 1.54) is 4.90 Å². The van der Waals surface area contributed by atoms with Crippen LogP contribution in [0.4, 0.5) is 5.69 Å². The smallest absolute Gasteiger partial charge is 0.261 e. The Bertz CT molecular complexity index is 995. The second-order valence-corrected chi connectivity index (χ2v) is 6.39. The maximum absolute atomic E-state index is 13.3. The molecule has 0 radical (unpaired) electrons. The first kappa shape index (κ1) is 16.2. The number of ketones is 1. The van der Waals surface area contributed by atoms with Crippen LogP contribution in [0.25, 0.3) is 0 Å². The van der Waals surface area contributed by atoms with E-state index < -0.39 is 17.4 Å². The number of amides is 1. The first-order valence-corrected chi connectivity index (χ1v) is 8.36. The minimum Gasteiger partial charge on any atom is -0.360 e. The van der Waals surface area contributed by atoms with Gasteiger partial charge in [0.15, 0.2) is 0 Å². The Morgan fingerprint density at radius 3 is 2.19 bits per heavy atom. The van der Waals surface area contributed by atoms with Crippen LogP contribution >= 0.6 is 0 Å². The number of benzene rings is 3. The van der Waals surface area contributed by atoms with Gasteiger partial charge < -0.3 is 5.11 Å². The maximum atomic E-state index is 13.3. The summed E-state index contributed by atoms with van der Waals surface area (Å²) in [5, 5.41) is 11.6. The van der Waals surface area contributed by atoms with Crippen LogP contribution in [-0.4, -0.2) is 16.8 Å². The van der Waals surface area contributed by atoms with E-state index in [1.54, 1.807) is 66.7 Å². The molecule has 0 bridgehead atoms. The van der Waals surface area contributed by atoms with Gasteiger partial charge in [-0.2, -0.15) is 0 Å². The summed E-state index contributed by atoms with van der Waals surface area (Å²) in [5.74, 6) is -0.923. The van der Waals surface area contributed by atoms with Crippen LogP contribution < -0.4 is 4.90 Å². The van der Waals surface area contributed by atoms with Crippen LogP contribution in [0.1, 0.15) is 31.8 Å². The van der Waals surface area contributed by atoms with E-state index >= 15 is 0 Å². The van der Waals surface area contributed by atoms with Gasteiger partial charge in [-0.15, -0.1) is 0 Å². The number of carbonyl (C=O) groups is 2.